The predicted molar refractivity (Wildman–Crippen MR) is 97.9 cm³/mol. The van der Waals surface area contributed by atoms with Gasteiger partial charge in [-0.25, -0.2) is 0 Å². The summed E-state index contributed by atoms with van der Waals surface area (Å²) in [5, 5.41) is 2.64. The van der Waals surface area contributed by atoms with Crippen molar-refractivity contribution >= 4 is 29.4 Å². The Kier molecular flexibility index (Phi) is 6.89. The topological polar surface area (TPSA) is 145 Å². The van der Waals surface area contributed by atoms with Gasteiger partial charge in [0.15, 0.2) is 0 Å². The number of esters is 1. The second kappa shape index (κ2) is 9.13. The standard InChI is InChI=1S/C18H24N4O5/c1-2-27-18(26)11-4-3-5-22(9-11)10-15(23)21-14-7-12(16(19)24)6-13(8-14)17(20)25/h6-8,11H,2-5,9-10H2,1H3,(H2,19,24)(H2,20,25)(H,21,23)/t11-/m1/s1. The molecule has 1 aliphatic rings. The quantitative estimate of drug-likeness (QED) is 0.575. The fraction of sp³-hybridized carbons (Fsp3) is 0.444. The molecule has 1 heterocycles. The molecule has 0 aliphatic carbocycles. The van der Waals surface area contributed by atoms with Crippen LogP contribution in [-0.2, 0) is 14.3 Å². The first kappa shape index (κ1) is 20.4. The van der Waals surface area contributed by atoms with Crippen molar-refractivity contribution in [2.45, 2.75) is 19.8 Å². The molecule has 9 nitrogen and oxygen atoms in total. The van der Waals surface area contributed by atoms with E-state index in [1.165, 1.54) is 18.2 Å². The summed E-state index contributed by atoms with van der Waals surface area (Å²) < 4.78 is 5.05. The molecule has 1 aromatic carbocycles. The largest absolute Gasteiger partial charge is 0.466 e. The van der Waals surface area contributed by atoms with Crippen LogP contribution in [0.5, 0.6) is 0 Å². The predicted octanol–water partition coefficient (Wildman–Crippen LogP) is 0.0980. The van der Waals surface area contributed by atoms with Crippen LogP contribution < -0.4 is 16.8 Å². The molecule has 5 N–H and O–H groups in total. The number of carbonyl (C=O) groups excluding carboxylic acids is 4. The summed E-state index contributed by atoms with van der Waals surface area (Å²) in [4.78, 5) is 48.9. The van der Waals surface area contributed by atoms with Gasteiger partial charge in [0.05, 0.1) is 19.1 Å². The van der Waals surface area contributed by atoms with Gasteiger partial charge < -0.3 is 21.5 Å². The average molecular weight is 376 g/mol. The molecule has 0 unspecified atom stereocenters. The van der Waals surface area contributed by atoms with Crippen molar-refractivity contribution in [3.8, 4) is 0 Å². The summed E-state index contributed by atoms with van der Waals surface area (Å²) >= 11 is 0. The minimum atomic E-state index is -0.734. The molecule has 1 fully saturated rings. The van der Waals surface area contributed by atoms with Gasteiger partial charge in [0, 0.05) is 23.4 Å². The van der Waals surface area contributed by atoms with Crippen LogP contribution in [0.4, 0.5) is 5.69 Å². The molecule has 3 amide bonds. The van der Waals surface area contributed by atoms with Crippen LogP contribution in [0.2, 0.25) is 0 Å². The zero-order valence-corrected chi connectivity index (χ0v) is 15.2. The fourth-order valence-corrected chi connectivity index (χ4v) is 3.04. The molecule has 27 heavy (non-hydrogen) atoms. The minimum absolute atomic E-state index is 0.0712. The third kappa shape index (κ3) is 5.78. The Morgan fingerprint density at radius 1 is 1.15 bits per heavy atom. The smallest absolute Gasteiger partial charge is 0.310 e. The molecular formula is C18H24N4O5. The number of piperidine rings is 1. The normalized spacial score (nSPS) is 17.1. The number of rotatable bonds is 7. The van der Waals surface area contributed by atoms with E-state index in [2.05, 4.69) is 5.32 Å². The lowest BCUT2D eigenvalue weighted by Crippen LogP contribution is -2.43. The molecule has 1 saturated heterocycles. The molecule has 1 aliphatic heterocycles. The molecule has 0 spiro atoms. The number of likely N-dealkylation sites (tertiary alicyclic amines) is 1. The first-order chi connectivity index (χ1) is 12.8. The van der Waals surface area contributed by atoms with Crippen LogP contribution in [0.3, 0.4) is 0 Å². The van der Waals surface area contributed by atoms with E-state index in [-0.39, 0.29) is 41.2 Å². The number of benzene rings is 1. The Morgan fingerprint density at radius 3 is 2.33 bits per heavy atom. The number of nitrogens with two attached hydrogens (primary N) is 2. The number of nitrogens with one attached hydrogen (secondary N) is 1. The number of anilines is 1. The summed E-state index contributed by atoms with van der Waals surface area (Å²) in [6.45, 7) is 3.29. The van der Waals surface area contributed by atoms with E-state index in [4.69, 9.17) is 16.2 Å². The van der Waals surface area contributed by atoms with Gasteiger partial charge in [0.1, 0.15) is 0 Å². The summed E-state index contributed by atoms with van der Waals surface area (Å²) in [6, 6.07) is 4.03. The molecule has 0 bridgehead atoms. The van der Waals surface area contributed by atoms with Crippen molar-refractivity contribution in [3.05, 3.63) is 29.3 Å². The maximum Gasteiger partial charge on any atom is 0.310 e. The third-order valence-electron chi connectivity index (χ3n) is 4.28. The minimum Gasteiger partial charge on any atom is -0.466 e. The van der Waals surface area contributed by atoms with Gasteiger partial charge in [-0.05, 0) is 44.5 Å². The molecule has 2 rings (SSSR count). The summed E-state index contributed by atoms with van der Waals surface area (Å²) in [7, 11) is 0. The number of carbonyl (C=O) groups is 4. The maximum absolute atomic E-state index is 12.3. The second-order valence-corrected chi connectivity index (χ2v) is 6.40. The van der Waals surface area contributed by atoms with E-state index in [1.54, 1.807) is 6.92 Å². The number of hydrogen-bond donors (Lipinski definition) is 3. The Bertz CT molecular complexity index is 717. The summed E-state index contributed by atoms with van der Waals surface area (Å²) in [5.74, 6) is -2.30. The van der Waals surface area contributed by atoms with Crippen molar-refractivity contribution in [3.63, 3.8) is 0 Å². The van der Waals surface area contributed by atoms with Gasteiger partial charge in [0.2, 0.25) is 17.7 Å². The average Bonchev–Trinajstić information content (AvgIpc) is 2.61. The van der Waals surface area contributed by atoms with Crippen LogP contribution in [-0.4, -0.2) is 54.8 Å². The molecule has 146 valence electrons. The molecular weight excluding hydrogens is 352 g/mol. The first-order valence-electron chi connectivity index (χ1n) is 8.73. The van der Waals surface area contributed by atoms with Gasteiger partial charge in [-0.3, -0.25) is 24.1 Å². The van der Waals surface area contributed by atoms with Crippen molar-refractivity contribution in [2.24, 2.45) is 17.4 Å². The number of hydrogen-bond acceptors (Lipinski definition) is 6. The van der Waals surface area contributed by atoms with E-state index in [1.807, 2.05) is 4.90 Å². The highest BCUT2D eigenvalue weighted by Gasteiger charge is 2.27. The van der Waals surface area contributed by atoms with Gasteiger partial charge in [-0.1, -0.05) is 0 Å². The van der Waals surface area contributed by atoms with E-state index >= 15 is 0 Å². The lowest BCUT2D eigenvalue weighted by Gasteiger charge is -2.30. The number of nitrogens with zero attached hydrogens (tertiary/aromatic N) is 1. The highest BCUT2D eigenvalue weighted by molar-refractivity contribution is 6.02. The maximum atomic E-state index is 12.3. The van der Waals surface area contributed by atoms with E-state index in [0.717, 1.165) is 12.8 Å². The van der Waals surface area contributed by atoms with Crippen molar-refractivity contribution in [2.75, 3.05) is 31.6 Å². The van der Waals surface area contributed by atoms with Gasteiger partial charge in [0.25, 0.3) is 0 Å². The number of ether oxygens (including phenoxy) is 1. The Balaban J connectivity index is 2.02. The highest BCUT2D eigenvalue weighted by atomic mass is 16.5. The fourth-order valence-electron chi connectivity index (χ4n) is 3.04. The number of amides is 3. The van der Waals surface area contributed by atoms with Crippen molar-refractivity contribution in [1.82, 2.24) is 4.90 Å². The zero-order valence-electron chi connectivity index (χ0n) is 15.2. The third-order valence-corrected chi connectivity index (χ3v) is 4.28. The molecule has 0 saturated carbocycles. The van der Waals surface area contributed by atoms with Crippen LogP contribution in [0, 0.1) is 5.92 Å². The molecule has 0 radical (unpaired) electrons. The van der Waals surface area contributed by atoms with Crippen molar-refractivity contribution < 1.29 is 23.9 Å². The van der Waals surface area contributed by atoms with Gasteiger partial charge in [-0.15, -0.1) is 0 Å². The molecule has 1 atom stereocenters. The summed E-state index contributed by atoms with van der Waals surface area (Å²) in [6.07, 6.45) is 1.53. The number of primary amides is 2. The molecule has 0 aromatic heterocycles. The van der Waals surface area contributed by atoms with E-state index < -0.39 is 11.8 Å². The second-order valence-electron chi connectivity index (χ2n) is 6.40. The Hall–Kier alpha value is -2.94. The SMILES string of the molecule is CCOC(=O)[C@@H]1CCCN(CC(=O)Nc2cc(C(N)=O)cc(C(N)=O)c2)C1. The van der Waals surface area contributed by atoms with Crippen molar-refractivity contribution in [1.29, 1.82) is 0 Å². The van der Waals surface area contributed by atoms with Gasteiger partial charge in [-0.2, -0.15) is 0 Å². The van der Waals surface area contributed by atoms with Crippen LogP contribution >= 0.6 is 0 Å². The Labute approximate surface area is 157 Å². The lowest BCUT2D eigenvalue weighted by molar-refractivity contribution is -0.150. The highest BCUT2D eigenvalue weighted by Crippen LogP contribution is 2.19. The van der Waals surface area contributed by atoms with E-state index in [9.17, 15) is 19.2 Å². The first-order valence-corrected chi connectivity index (χ1v) is 8.73. The summed E-state index contributed by atoms with van der Waals surface area (Å²) in [5.41, 5.74) is 10.9. The van der Waals surface area contributed by atoms with Gasteiger partial charge >= 0.3 is 5.97 Å². The van der Waals surface area contributed by atoms with Crippen LogP contribution in [0.15, 0.2) is 18.2 Å². The zero-order chi connectivity index (χ0) is 20.0. The van der Waals surface area contributed by atoms with Crippen LogP contribution in [0.25, 0.3) is 0 Å². The van der Waals surface area contributed by atoms with E-state index in [0.29, 0.717) is 19.7 Å². The molecule has 1 aromatic rings. The molecule has 9 heteroatoms. The lowest BCUT2D eigenvalue weighted by atomic mass is 9.98. The monoisotopic (exact) mass is 376 g/mol. The Morgan fingerprint density at radius 2 is 1.78 bits per heavy atom. The van der Waals surface area contributed by atoms with Crippen LogP contribution in [0.1, 0.15) is 40.5 Å².